The van der Waals surface area contributed by atoms with Crippen molar-refractivity contribution in [2.75, 3.05) is 13.1 Å². The normalized spacial score (nSPS) is 14.6. The van der Waals surface area contributed by atoms with Crippen LogP contribution in [0.15, 0.2) is 65.5 Å². The minimum atomic E-state index is -0.321. The molecule has 37 heavy (non-hydrogen) atoms. The Morgan fingerprint density at radius 3 is 2.30 bits per heavy atom. The Morgan fingerprint density at radius 1 is 1.00 bits per heavy atom. The highest BCUT2D eigenvalue weighted by Gasteiger charge is 2.24. The molecule has 0 saturated carbocycles. The lowest BCUT2D eigenvalue weighted by atomic mass is 10.2. The van der Waals surface area contributed by atoms with Crippen molar-refractivity contribution in [1.82, 2.24) is 14.0 Å². The van der Waals surface area contributed by atoms with Gasteiger partial charge in [0.15, 0.2) is 5.57 Å². The number of aryl methyl sites for hydroxylation is 1. The minimum absolute atomic E-state index is 0.000796. The first-order chi connectivity index (χ1) is 17.9. The van der Waals surface area contributed by atoms with Gasteiger partial charge in [0.25, 0.3) is 11.5 Å². The van der Waals surface area contributed by atoms with Crippen molar-refractivity contribution in [2.24, 2.45) is 0 Å². The van der Waals surface area contributed by atoms with Gasteiger partial charge in [0, 0.05) is 35.2 Å². The number of nitriles is 1. The maximum Gasteiger partial charge on any atom is 0.273 e. The number of rotatable bonds is 4. The molecule has 1 amide bonds. The summed E-state index contributed by atoms with van der Waals surface area (Å²) in [6.45, 7) is 5.26. The molecule has 6 nitrogen and oxygen atoms in total. The summed E-state index contributed by atoms with van der Waals surface area (Å²) in [7, 11) is 0. The lowest BCUT2D eigenvalue weighted by molar-refractivity contribution is -0.123. The van der Waals surface area contributed by atoms with Crippen LogP contribution in [0.4, 0.5) is 0 Å². The zero-order valence-electron chi connectivity index (χ0n) is 20.6. The molecule has 1 fully saturated rings. The van der Waals surface area contributed by atoms with Gasteiger partial charge in [-0.3, -0.25) is 14.2 Å². The Morgan fingerprint density at radius 2 is 1.65 bits per heavy atom. The van der Waals surface area contributed by atoms with Gasteiger partial charge in [-0.2, -0.15) is 5.26 Å². The minimum Gasteiger partial charge on any atom is -0.338 e. The van der Waals surface area contributed by atoms with Gasteiger partial charge in [0.05, 0.1) is 10.2 Å². The SMILES string of the molecule is Cc1cc(C=c2sc(=C(C#N)C(=O)N3CCCC3)n(-c3ccccc3)c2=O)c(C)n1-c1ccc(Cl)cc1. The fourth-order valence-corrected chi connectivity index (χ4v) is 6.00. The number of hydrogen-bond acceptors (Lipinski definition) is 4. The fraction of sp³-hybridized carbons (Fsp3) is 0.207. The molecule has 4 aromatic rings. The van der Waals surface area contributed by atoms with Gasteiger partial charge in [-0.05, 0) is 80.8 Å². The molecule has 0 aliphatic carbocycles. The van der Waals surface area contributed by atoms with Crippen molar-refractivity contribution in [3.8, 4) is 17.4 Å². The molecular weight excluding hydrogens is 504 g/mol. The number of aromatic nitrogens is 2. The highest BCUT2D eigenvalue weighted by Crippen LogP contribution is 2.22. The first-order valence-electron chi connectivity index (χ1n) is 12.1. The summed E-state index contributed by atoms with van der Waals surface area (Å²) < 4.78 is 4.41. The molecule has 0 radical (unpaired) electrons. The summed E-state index contributed by atoms with van der Waals surface area (Å²) in [5.41, 5.74) is 4.21. The molecule has 0 N–H and O–H groups in total. The van der Waals surface area contributed by atoms with Gasteiger partial charge < -0.3 is 9.47 Å². The van der Waals surface area contributed by atoms with Crippen LogP contribution >= 0.6 is 22.9 Å². The van der Waals surface area contributed by atoms with Gasteiger partial charge >= 0.3 is 0 Å². The average Bonchev–Trinajstić information content (AvgIpc) is 3.61. The first-order valence-corrected chi connectivity index (χ1v) is 13.3. The largest absolute Gasteiger partial charge is 0.338 e. The number of hydrogen-bond donors (Lipinski definition) is 0. The molecule has 2 aromatic carbocycles. The molecule has 3 heterocycles. The van der Waals surface area contributed by atoms with Crippen LogP contribution in [0.3, 0.4) is 0 Å². The number of thiazole rings is 1. The summed E-state index contributed by atoms with van der Waals surface area (Å²) in [6.07, 6.45) is 3.69. The van der Waals surface area contributed by atoms with Crippen molar-refractivity contribution in [2.45, 2.75) is 26.7 Å². The summed E-state index contributed by atoms with van der Waals surface area (Å²) in [4.78, 5) is 28.7. The zero-order chi connectivity index (χ0) is 26.1. The standard InChI is InChI=1S/C29H25ClN4O2S/c1-19-16-21(20(2)33(19)24-12-10-22(30)11-13-24)17-26-28(36)34(23-8-4-3-5-9-23)29(37-26)25(18-31)27(35)32-14-6-7-15-32/h3-5,8-13,16-17H,6-7,14-15H2,1-2H3. The van der Waals surface area contributed by atoms with Crippen molar-refractivity contribution in [3.63, 3.8) is 0 Å². The Balaban J connectivity index is 1.74. The lowest BCUT2D eigenvalue weighted by Gasteiger charge is -2.14. The lowest BCUT2D eigenvalue weighted by Crippen LogP contribution is -2.35. The molecule has 0 atom stereocenters. The van der Waals surface area contributed by atoms with E-state index < -0.39 is 0 Å². The quantitative estimate of drug-likeness (QED) is 0.400. The Labute approximate surface area is 223 Å². The second kappa shape index (κ2) is 10.3. The molecule has 0 spiro atoms. The van der Waals surface area contributed by atoms with Crippen molar-refractivity contribution < 1.29 is 4.79 Å². The van der Waals surface area contributed by atoms with Gasteiger partial charge in [0.1, 0.15) is 10.7 Å². The average molecular weight is 529 g/mol. The predicted octanol–water partition coefficient (Wildman–Crippen LogP) is 4.09. The molecule has 1 aliphatic heterocycles. The Bertz CT molecular complexity index is 1700. The van der Waals surface area contributed by atoms with Crippen LogP contribution in [0.5, 0.6) is 0 Å². The van der Waals surface area contributed by atoms with Gasteiger partial charge in [-0.25, -0.2) is 0 Å². The summed E-state index contributed by atoms with van der Waals surface area (Å²) >= 11 is 7.25. The van der Waals surface area contributed by atoms with E-state index in [1.54, 1.807) is 4.90 Å². The van der Waals surface area contributed by atoms with E-state index in [9.17, 15) is 14.9 Å². The van der Waals surface area contributed by atoms with Crippen LogP contribution in [-0.4, -0.2) is 33.0 Å². The molecular formula is C29H25ClN4O2S. The molecule has 2 aromatic heterocycles. The molecule has 0 bridgehead atoms. The molecule has 1 saturated heterocycles. The molecule has 186 valence electrons. The number of amides is 1. The Kier molecular flexibility index (Phi) is 6.88. The Hall–Kier alpha value is -3.86. The number of nitrogens with zero attached hydrogens (tertiary/aromatic N) is 4. The second-order valence-electron chi connectivity index (χ2n) is 9.02. The van der Waals surface area contributed by atoms with E-state index in [4.69, 9.17) is 11.6 Å². The van der Waals surface area contributed by atoms with E-state index in [0.29, 0.717) is 33.0 Å². The number of halogens is 1. The van der Waals surface area contributed by atoms with Crippen LogP contribution in [0, 0.1) is 25.2 Å². The van der Waals surface area contributed by atoms with Crippen molar-refractivity contribution in [1.29, 1.82) is 5.26 Å². The molecule has 1 aliphatic rings. The highest BCUT2D eigenvalue weighted by atomic mass is 35.5. The van der Waals surface area contributed by atoms with Crippen molar-refractivity contribution >= 4 is 40.5 Å². The predicted molar refractivity (Wildman–Crippen MR) is 148 cm³/mol. The van der Waals surface area contributed by atoms with Gasteiger partial charge in [0.2, 0.25) is 0 Å². The van der Waals surface area contributed by atoms with E-state index in [1.165, 1.54) is 15.9 Å². The first kappa shape index (κ1) is 24.8. The number of benzene rings is 2. The van der Waals surface area contributed by atoms with E-state index >= 15 is 0 Å². The number of para-hydroxylation sites is 1. The monoisotopic (exact) mass is 528 g/mol. The number of carbonyl (C=O) groups is 1. The van der Waals surface area contributed by atoms with Crippen LogP contribution in [0.2, 0.25) is 5.02 Å². The number of likely N-dealkylation sites (tertiary alicyclic amines) is 1. The molecule has 0 unspecified atom stereocenters. The summed E-state index contributed by atoms with van der Waals surface area (Å²) in [6, 6.07) is 20.9. The maximum atomic E-state index is 13.7. The topological polar surface area (TPSA) is 71.0 Å². The second-order valence-corrected chi connectivity index (χ2v) is 10.5. The third-order valence-electron chi connectivity index (χ3n) is 6.61. The molecule has 5 rings (SSSR count). The van der Waals surface area contributed by atoms with E-state index in [0.717, 1.165) is 35.5 Å². The third kappa shape index (κ3) is 4.66. The summed E-state index contributed by atoms with van der Waals surface area (Å²) in [5, 5.41) is 10.7. The fourth-order valence-electron chi connectivity index (χ4n) is 4.79. The van der Waals surface area contributed by atoms with Crippen LogP contribution in [0.1, 0.15) is 29.8 Å². The summed E-state index contributed by atoms with van der Waals surface area (Å²) in [5.74, 6) is -0.321. The van der Waals surface area contributed by atoms with Crippen LogP contribution in [-0.2, 0) is 4.79 Å². The molecule has 8 heteroatoms. The van der Waals surface area contributed by atoms with E-state index in [2.05, 4.69) is 10.6 Å². The number of carbonyl (C=O) groups excluding carboxylic acids is 1. The van der Waals surface area contributed by atoms with Gasteiger partial charge in [-0.1, -0.05) is 29.8 Å². The third-order valence-corrected chi connectivity index (χ3v) is 7.96. The highest BCUT2D eigenvalue weighted by molar-refractivity contribution is 7.07. The maximum absolute atomic E-state index is 13.7. The van der Waals surface area contributed by atoms with Crippen LogP contribution < -0.4 is 14.8 Å². The van der Waals surface area contributed by atoms with Gasteiger partial charge in [-0.15, -0.1) is 11.3 Å². The van der Waals surface area contributed by atoms with Crippen LogP contribution in [0.25, 0.3) is 23.0 Å². The van der Waals surface area contributed by atoms with Crippen molar-refractivity contribution in [3.05, 3.63) is 102 Å². The smallest absolute Gasteiger partial charge is 0.273 e. The zero-order valence-corrected chi connectivity index (χ0v) is 22.1. The van der Waals surface area contributed by atoms with E-state index in [-0.39, 0.29) is 17.0 Å². The van der Waals surface area contributed by atoms with E-state index in [1.807, 2.05) is 80.6 Å².